The van der Waals surface area contributed by atoms with Crippen LogP contribution in [0.2, 0.25) is 0 Å². The molecule has 0 bridgehead atoms. The van der Waals surface area contributed by atoms with E-state index in [1.807, 2.05) is 12.1 Å². The average Bonchev–Trinajstić information content (AvgIpc) is 3.30. The van der Waals surface area contributed by atoms with Gasteiger partial charge in [-0.15, -0.1) is 5.10 Å². The van der Waals surface area contributed by atoms with Gasteiger partial charge in [0.15, 0.2) is 0 Å². The molecule has 3 heterocycles. The van der Waals surface area contributed by atoms with E-state index < -0.39 is 0 Å². The van der Waals surface area contributed by atoms with Crippen LogP contribution in [0, 0.1) is 23.6 Å². The summed E-state index contributed by atoms with van der Waals surface area (Å²) in [4.78, 5) is 2.70. The molecule has 3 aliphatic rings. The third-order valence-corrected chi connectivity index (χ3v) is 7.05. The van der Waals surface area contributed by atoms with E-state index in [0.29, 0.717) is 12.5 Å². The van der Waals surface area contributed by atoms with Gasteiger partial charge in [0.2, 0.25) is 0 Å². The lowest BCUT2D eigenvalue weighted by atomic mass is 10.00. The Bertz CT molecular complexity index is 808. The lowest BCUT2D eigenvalue weighted by Gasteiger charge is -2.27. The monoisotopic (exact) mass is 410 g/mol. The molecule has 0 amide bonds. The summed E-state index contributed by atoms with van der Waals surface area (Å²) in [5.41, 5.74) is 1.94. The minimum absolute atomic E-state index is 0.211. The maximum absolute atomic E-state index is 13.0. The number of likely N-dealkylation sites (tertiary alicyclic amines) is 1. The number of hydrogen-bond acceptors (Lipinski definition) is 5. The molecule has 2 aliphatic heterocycles. The Morgan fingerprint density at radius 2 is 1.70 bits per heavy atom. The molecule has 6 heteroatoms. The number of ether oxygens (including phenoxy) is 1. The summed E-state index contributed by atoms with van der Waals surface area (Å²) in [6.45, 7) is 5.66. The van der Waals surface area contributed by atoms with Crippen LogP contribution in [0.1, 0.15) is 36.9 Å². The number of fused-ring (bicyclic) bond motifs is 1. The molecule has 2 aromatic rings. The summed E-state index contributed by atoms with van der Waals surface area (Å²) in [6.07, 6.45) is 5.59. The predicted molar refractivity (Wildman–Crippen MR) is 115 cm³/mol. The third kappa shape index (κ3) is 4.81. The molecule has 1 aliphatic carbocycles. The minimum Gasteiger partial charge on any atom is -0.381 e. The number of rotatable bonds is 6. The highest BCUT2D eigenvalue weighted by molar-refractivity contribution is 5.35. The second-order valence-electron chi connectivity index (χ2n) is 9.32. The van der Waals surface area contributed by atoms with E-state index in [0.717, 1.165) is 48.0 Å². The van der Waals surface area contributed by atoms with Gasteiger partial charge in [-0.3, -0.25) is 0 Å². The van der Waals surface area contributed by atoms with Gasteiger partial charge in [-0.1, -0.05) is 12.1 Å². The number of anilines is 1. The zero-order valence-corrected chi connectivity index (χ0v) is 17.5. The highest BCUT2D eigenvalue weighted by Gasteiger charge is 2.41. The Morgan fingerprint density at radius 1 is 0.967 bits per heavy atom. The summed E-state index contributed by atoms with van der Waals surface area (Å²) in [5.74, 6) is 3.11. The van der Waals surface area contributed by atoms with Gasteiger partial charge in [-0.2, -0.15) is 5.10 Å². The fourth-order valence-electron chi connectivity index (χ4n) is 5.51. The molecule has 1 unspecified atom stereocenters. The smallest absolute Gasteiger partial charge is 0.148 e. The fourth-order valence-corrected chi connectivity index (χ4v) is 5.51. The first-order valence-corrected chi connectivity index (χ1v) is 11.3. The predicted octanol–water partition coefficient (Wildman–Crippen LogP) is 3.76. The van der Waals surface area contributed by atoms with Crippen molar-refractivity contribution in [3.63, 3.8) is 0 Å². The van der Waals surface area contributed by atoms with Crippen molar-refractivity contribution in [2.75, 3.05) is 38.2 Å². The Labute approximate surface area is 178 Å². The number of aromatic nitrogens is 2. The first kappa shape index (κ1) is 19.9. The lowest BCUT2D eigenvalue weighted by molar-refractivity contribution is 0.0545. The molecule has 30 heavy (non-hydrogen) atoms. The van der Waals surface area contributed by atoms with Crippen LogP contribution in [0.15, 0.2) is 36.4 Å². The van der Waals surface area contributed by atoms with Crippen molar-refractivity contribution in [1.82, 2.24) is 15.1 Å². The maximum Gasteiger partial charge on any atom is 0.148 e. The highest BCUT2D eigenvalue weighted by atomic mass is 19.1. The quantitative estimate of drug-likeness (QED) is 0.786. The number of benzene rings is 1. The van der Waals surface area contributed by atoms with Crippen molar-refractivity contribution >= 4 is 5.82 Å². The molecule has 1 saturated carbocycles. The zero-order chi connectivity index (χ0) is 20.3. The van der Waals surface area contributed by atoms with E-state index in [9.17, 15) is 4.39 Å². The summed E-state index contributed by atoms with van der Waals surface area (Å²) in [7, 11) is 0. The van der Waals surface area contributed by atoms with Crippen molar-refractivity contribution in [2.45, 2.75) is 38.1 Å². The maximum atomic E-state index is 13.0. The van der Waals surface area contributed by atoms with E-state index in [1.165, 1.54) is 57.5 Å². The number of nitrogens with zero attached hydrogens (tertiary/aromatic N) is 3. The van der Waals surface area contributed by atoms with Crippen LogP contribution in [0.4, 0.5) is 10.2 Å². The largest absolute Gasteiger partial charge is 0.381 e. The summed E-state index contributed by atoms with van der Waals surface area (Å²) in [5, 5.41) is 12.4. The van der Waals surface area contributed by atoms with Crippen LogP contribution in [0.5, 0.6) is 0 Å². The second-order valence-corrected chi connectivity index (χ2v) is 9.32. The van der Waals surface area contributed by atoms with Crippen LogP contribution in [0.25, 0.3) is 0 Å². The summed E-state index contributed by atoms with van der Waals surface area (Å²) < 4.78 is 18.5. The molecule has 5 nitrogen and oxygen atoms in total. The molecule has 2 saturated heterocycles. The Hall–Kier alpha value is -2.05. The van der Waals surface area contributed by atoms with Gasteiger partial charge in [-0.25, -0.2) is 4.39 Å². The first-order valence-electron chi connectivity index (χ1n) is 11.3. The van der Waals surface area contributed by atoms with Gasteiger partial charge in [0.05, 0.1) is 5.69 Å². The first-order chi connectivity index (χ1) is 14.7. The van der Waals surface area contributed by atoms with E-state index in [4.69, 9.17) is 4.74 Å². The number of nitrogens with one attached hydrogen (secondary N) is 1. The van der Waals surface area contributed by atoms with Crippen LogP contribution >= 0.6 is 0 Å². The molecule has 1 aromatic heterocycles. The molecule has 3 atom stereocenters. The van der Waals surface area contributed by atoms with E-state index >= 15 is 0 Å². The molecule has 0 spiro atoms. The van der Waals surface area contributed by atoms with Crippen LogP contribution in [-0.2, 0) is 11.2 Å². The van der Waals surface area contributed by atoms with Gasteiger partial charge < -0.3 is 15.0 Å². The average molecular weight is 411 g/mol. The van der Waals surface area contributed by atoms with Crippen LogP contribution < -0.4 is 5.32 Å². The zero-order valence-electron chi connectivity index (χ0n) is 17.5. The number of hydrogen-bond donors (Lipinski definition) is 1. The second kappa shape index (κ2) is 8.98. The van der Waals surface area contributed by atoms with Crippen molar-refractivity contribution < 1.29 is 9.13 Å². The SMILES string of the molecule is Fc1ccc(Cc2ccc(NC3C[C@@H]4CN(CC5CCOCC5)C[C@@H]4C3)nn2)cc1. The van der Waals surface area contributed by atoms with Crippen molar-refractivity contribution in [2.24, 2.45) is 17.8 Å². The van der Waals surface area contributed by atoms with Gasteiger partial charge in [-0.05, 0) is 73.3 Å². The molecular weight excluding hydrogens is 379 g/mol. The third-order valence-electron chi connectivity index (χ3n) is 7.05. The van der Waals surface area contributed by atoms with Gasteiger partial charge in [0.1, 0.15) is 11.6 Å². The molecule has 1 aromatic carbocycles. The Morgan fingerprint density at radius 3 is 2.37 bits per heavy atom. The van der Waals surface area contributed by atoms with Crippen molar-refractivity contribution in [3.8, 4) is 0 Å². The van der Waals surface area contributed by atoms with E-state index in [1.54, 1.807) is 12.1 Å². The Kier molecular flexibility index (Phi) is 5.95. The topological polar surface area (TPSA) is 50.3 Å². The van der Waals surface area contributed by atoms with Gasteiger partial charge in [0, 0.05) is 45.3 Å². The van der Waals surface area contributed by atoms with Gasteiger partial charge in [0.25, 0.3) is 0 Å². The molecular formula is C24H31FN4O. The van der Waals surface area contributed by atoms with Gasteiger partial charge >= 0.3 is 0 Å². The summed E-state index contributed by atoms with van der Waals surface area (Å²) >= 11 is 0. The lowest BCUT2D eigenvalue weighted by Crippen LogP contribution is -2.32. The van der Waals surface area contributed by atoms with Crippen LogP contribution in [-0.4, -0.2) is 54.0 Å². The standard InChI is InChI=1S/C24H31FN4O/c25-21-3-1-17(2-4-21)11-22-5-6-24(28-27-22)26-23-12-19-15-29(16-20(19)13-23)14-18-7-9-30-10-8-18/h1-6,18-20,23H,7-16H2,(H,26,28)/t19-,20+,23?. The Balaban J connectivity index is 1.09. The molecule has 5 rings (SSSR count). The van der Waals surface area contributed by atoms with Crippen molar-refractivity contribution in [3.05, 3.63) is 53.5 Å². The van der Waals surface area contributed by atoms with Crippen LogP contribution in [0.3, 0.4) is 0 Å². The molecule has 3 fully saturated rings. The highest BCUT2D eigenvalue weighted by Crippen LogP contribution is 2.39. The van der Waals surface area contributed by atoms with E-state index in [-0.39, 0.29) is 5.82 Å². The van der Waals surface area contributed by atoms with E-state index in [2.05, 4.69) is 20.4 Å². The molecule has 0 radical (unpaired) electrons. The molecule has 160 valence electrons. The number of halogens is 1. The fraction of sp³-hybridized carbons (Fsp3) is 0.583. The minimum atomic E-state index is -0.211. The van der Waals surface area contributed by atoms with Crippen molar-refractivity contribution in [1.29, 1.82) is 0 Å². The molecule has 1 N–H and O–H groups in total. The summed E-state index contributed by atoms with van der Waals surface area (Å²) in [6, 6.07) is 11.1. The normalized spacial score (nSPS) is 27.3.